The van der Waals surface area contributed by atoms with Gasteiger partial charge in [0.25, 0.3) is 0 Å². The highest BCUT2D eigenvalue weighted by Crippen LogP contribution is 2.51. The van der Waals surface area contributed by atoms with Gasteiger partial charge in [0.05, 0.1) is 11.4 Å². The molecule has 0 spiro atoms. The zero-order chi connectivity index (χ0) is 31.4. The summed E-state index contributed by atoms with van der Waals surface area (Å²) in [7, 11) is 0. The van der Waals surface area contributed by atoms with E-state index in [9.17, 15) is 0 Å². The molecule has 0 aliphatic heterocycles. The van der Waals surface area contributed by atoms with E-state index in [0.29, 0.717) is 0 Å². The van der Waals surface area contributed by atoms with Crippen LogP contribution in [0.4, 0.5) is 0 Å². The second kappa shape index (κ2) is 10.7. The summed E-state index contributed by atoms with van der Waals surface area (Å²) in [6, 6.07) is 37.2. The molecule has 1 aliphatic rings. The van der Waals surface area contributed by atoms with Gasteiger partial charge in [0.15, 0.2) is 0 Å². The minimum Gasteiger partial charge on any atom is -0.256 e. The van der Waals surface area contributed by atoms with Gasteiger partial charge in [0, 0.05) is 40.1 Å². The molecule has 2 heterocycles. The molecule has 2 nitrogen and oxygen atoms in total. The van der Waals surface area contributed by atoms with E-state index in [1.807, 2.05) is 37.5 Å². The number of hydrogen-bond donors (Lipinski definition) is 0. The van der Waals surface area contributed by atoms with Crippen LogP contribution in [-0.4, -0.2) is 9.97 Å². The minimum atomic E-state index is -0.181. The number of hydrogen-bond acceptors (Lipinski definition) is 2. The van der Waals surface area contributed by atoms with Crippen molar-refractivity contribution < 1.29 is 0 Å². The molecule has 1 aliphatic carbocycles. The van der Waals surface area contributed by atoms with Crippen LogP contribution in [0.2, 0.25) is 0 Å². The highest BCUT2D eigenvalue weighted by atomic mass is 14.7. The smallest absolute Gasteiger partial charge is 0.0708 e. The van der Waals surface area contributed by atoms with E-state index in [0.717, 1.165) is 39.2 Å². The summed E-state index contributed by atoms with van der Waals surface area (Å²) in [5, 5.41) is 7.66. The third kappa shape index (κ3) is 4.20. The topological polar surface area (TPSA) is 25.8 Å². The van der Waals surface area contributed by atoms with Gasteiger partial charge in [0.2, 0.25) is 0 Å². The molecule has 2 aromatic heterocycles. The monoisotopic (exact) mass is 588 g/mol. The molecule has 0 unspecified atom stereocenters. The van der Waals surface area contributed by atoms with Crippen LogP contribution < -0.4 is 0 Å². The van der Waals surface area contributed by atoms with E-state index < -0.39 is 0 Å². The number of aromatic nitrogens is 2. The van der Waals surface area contributed by atoms with Gasteiger partial charge in [-0.2, -0.15) is 0 Å². The van der Waals surface area contributed by atoms with Gasteiger partial charge in [-0.05, 0) is 79.7 Å². The van der Waals surface area contributed by atoms with Crippen molar-refractivity contribution >= 4 is 37.9 Å². The Hall–Kier alpha value is -5.78. The van der Waals surface area contributed by atoms with Gasteiger partial charge in [-0.25, -0.2) is 0 Å². The van der Waals surface area contributed by atoms with Crippen molar-refractivity contribution in [2.75, 3.05) is 0 Å². The van der Waals surface area contributed by atoms with Crippen molar-refractivity contribution in [1.82, 2.24) is 9.97 Å². The minimum absolute atomic E-state index is 0.181. The van der Waals surface area contributed by atoms with Gasteiger partial charge in [-0.3, -0.25) is 9.97 Å². The first kappa shape index (κ1) is 27.7. The fourth-order valence-corrected chi connectivity index (χ4v) is 7.32. The number of terminal acetylenes is 1. The number of benzene rings is 5. The molecule has 0 saturated heterocycles. The lowest BCUT2D eigenvalue weighted by atomic mass is 9.68. The third-order valence-corrected chi connectivity index (χ3v) is 9.59. The summed E-state index contributed by atoms with van der Waals surface area (Å²) in [6.07, 6.45) is 15.3. The van der Waals surface area contributed by atoms with Crippen LogP contribution in [0.1, 0.15) is 37.5 Å². The largest absolute Gasteiger partial charge is 0.256 e. The molecule has 5 aromatic carbocycles. The van der Waals surface area contributed by atoms with Crippen LogP contribution in [0.3, 0.4) is 0 Å². The molecule has 0 atom stereocenters. The first-order valence-electron chi connectivity index (χ1n) is 15.7. The lowest BCUT2D eigenvalue weighted by Gasteiger charge is -2.35. The highest BCUT2D eigenvalue weighted by molar-refractivity contribution is 6.27. The first-order chi connectivity index (χ1) is 22.5. The Kier molecular flexibility index (Phi) is 6.45. The molecule has 2 heteroatoms. The summed E-state index contributed by atoms with van der Waals surface area (Å²) in [4.78, 5) is 9.91. The molecule has 46 heavy (non-hydrogen) atoms. The second-order valence-corrected chi connectivity index (χ2v) is 12.5. The van der Waals surface area contributed by atoms with Crippen molar-refractivity contribution in [2.45, 2.75) is 26.2 Å². The third-order valence-electron chi connectivity index (χ3n) is 9.59. The molecule has 7 aromatic rings. The van der Waals surface area contributed by atoms with Crippen LogP contribution in [0.25, 0.3) is 71.5 Å². The number of nitrogens with zero attached hydrogens (tertiary/aromatic N) is 2. The first-order valence-corrected chi connectivity index (χ1v) is 15.7. The number of rotatable bonds is 5. The SMILES string of the molecule is C#C/C=C(\C=C/C)c1ccc(-c2ccc3c4c2ccc2ccc5c(-c6ccc(-c7ccccc7)cn6)ccc(c5c24)C3(C)C)nc1. The number of pyridine rings is 2. The zero-order valence-electron chi connectivity index (χ0n) is 26.2. The molecule has 8 rings (SSSR count). The van der Waals surface area contributed by atoms with Crippen molar-refractivity contribution in [3.05, 3.63) is 150 Å². The van der Waals surface area contributed by atoms with Gasteiger partial charge < -0.3 is 0 Å². The summed E-state index contributed by atoms with van der Waals surface area (Å²) in [5.74, 6) is 2.65. The average Bonchev–Trinajstić information content (AvgIpc) is 3.10. The van der Waals surface area contributed by atoms with E-state index >= 15 is 0 Å². The van der Waals surface area contributed by atoms with Crippen LogP contribution in [0, 0.1) is 12.3 Å². The molecular formula is C44H32N2. The van der Waals surface area contributed by atoms with Crippen molar-refractivity contribution in [2.24, 2.45) is 0 Å². The zero-order valence-corrected chi connectivity index (χ0v) is 26.2. The van der Waals surface area contributed by atoms with Crippen LogP contribution in [0.15, 0.2) is 134 Å². The average molecular weight is 589 g/mol. The standard InChI is InChI=1S/C44H32N2/c1-5-10-28(11-6-2)31-16-24-39(45-26-31)33-20-22-37-42-35(33)18-14-30-15-19-36-34(21-23-38(44(37,3)4)43(36)41(30)42)40-25-17-32(27-46-40)29-12-8-7-9-13-29/h1,6-27H,2-4H3/b11-6-,28-10+. The quantitative estimate of drug-likeness (QED) is 0.114. The van der Waals surface area contributed by atoms with E-state index in [-0.39, 0.29) is 5.41 Å². The Morgan fingerprint density at radius 1 is 0.652 bits per heavy atom. The summed E-state index contributed by atoms with van der Waals surface area (Å²) in [5.41, 5.74) is 11.0. The van der Waals surface area contributed by atoms with Crippen LogP contribution in [-0.2, 0) is 5.41 Å². The van der Waals surface area contributed by atoms with Gasteiger partial charge >= 0.3 is 0 Å². The van der Waals surface area contributed by atoms with Gasteiger partial charge in [0.1, 0.15) is 0 Å². The highest BCUT2D eigenvalue weighted by Gasteiger charge is 2.33. The van der Waals surface area contributed by atoms with Crippen LogP contribution in [0.5, 0.6) is 0 Å². The van der Waals surface area contributed by atoms with Crippen LogP contribution >= 0.6 is 0 Å². The van der Waals surface area contributed by atoms with Gasteiger partial charge in [-0.1, -0.05) is 123 Å². The Balaban J connectivity index is 1.34. The molecule has 0 amide bonds. The van der Waals surface area contributed by atoms with E-state index in [1.54, 1.807) is 6.08 Å². The lowest BCUT2D eigenvalue weighted by molar-refractivity contribution is 0.652. The Labute approximate surface area is 269 Å². The molecule has 218 valence electrons. The number of allylic oxidation sites excluding steroid dienone is 4. The van der Waals surface area contributed by atoms with Crippen molar-refractivity contribution in [3.63, 3.8) is 0 Å². The van der Waals surface area contributed by atoms with E-state index in [4.69, 9.17) is 16.4 Å². The van der Waals surface area contributed by atoms with E-state index in [1.165, 1.54) is 49.0 Å². The Morgan fingerprint density at radius 3 is 1.83 bits per heavy atom. The molecule has 0 saturated carbocycles. The maximum Gasteiger partial charge on any atom is 0.0708 e. The lowest BCUT2D eigenvalue weighted by Crippen LogP contribution is -2.22. The molecule has 0 N–H and O–H groups in total. The van der Waals surface area contributed by atoms with Crippen molar-refractivity contribution in [1.29, 1.82) is 0 Å². The van der Waals surface area contributed by atoms with E-state index in [2.05, 4.69) is 117 Å². The van der Waals surface area contributed by atoms with Crippen molar-refractivity contribution in [3.8, 4) is 46.0 Å². The Bertz CT molecular complexity index is 2420. The molecule has 0 bridgehead atoms. The second-order valence-electron chi connectivity index (χ2n) is 12.5. The van der Waals surface area contributed by atoms with Gasteiger partial charge in [-0.15, -0.1) is 6.42 Å². The molecular weight excluding hydrogens is 556 g/mol. The predicted octanol–water partition coefficient (Wildman–Crippen LogP) is 11.2. The maximum atomic E-state index is 5.59. The predicted molar refractivity (Wildman–Crippen MR) is 195 cm³/mol. The summed E-state index contributed by atoms with van der Waals surface area (Å²) < 4.78 is 0. The summed E-state index contributed by atoms with van der Waals surface area (Å²) >= 11 is 0. The fourth-order valence-electron chi connectivity index (χ4n) is 7.32. The Morgan fingerprint density at radius 2 is 1.28 bits per heavy atom. The summed E-state index contributed by atoms with van der Waals surface area (Å²) in [6.45, 7) is 6.70. The normalized spacial score (nSPS) is 13.7. The molecule has 0 fully saturated rings. The fraction of sp³-hybridized carbons (Fsp3) is 0.0909. The molecule has 0 radical (unpaired) electrons. The maximum absolute atomic E-state index is 5.59.